The Labute approximate surface area is 120 Å². The van der Waals surface area contributed by atoms with Crippen LogP contribution in [0.25, 0.3) is 0 Å². The lowest BCUT2D eigenvalue weighted by atomic mass is 10.0. The van der Waals surface area contributed by atoms with E-state index in [2.05, 4.69) is 15.4 Å². The Bertz CT molecular complexity index is 708. The summed E-state index contributed by atoms with van der Waals surface area (Å²) in [6, 6.07) is 7.12. The monoisotopic (exact) mass is 286 g/mol. The summed E-state index contributed by atoms with van der Waals surface area (Å²) in [6.45, 7) is 2.43. The van der Waals surface area contributed by atoms with E-state index in [4.69, 9.17) is 4.74 Å². The maximum Gasteiger partial charge on any atom is 0.352 e. The maximum atomic E-state index is 11.3. The molecule has 0 unspecified atom stereocenters. The van der Waals surface area contributed by atoms with E-state index >= 15 is 0 Å². The summed E-state index contributed by atoms with van der Waals surface area (Å²) >= 11 is 0. The highest BCUT2D eigenvalue weighted by atomic mass is 16.5. The predicted molar refractivity (Wildman–Crippen MR) is 75.1 cm³/mol. The molecule has 1 aromatic heterocycles. The number of anilines is 1. The van der Waals surface area contributed by atoms with Gasteiger partial charge in [-0.15, -0.1) is 0 Å². The van der Waals surface area contributed by atoms with Gasteiger partial charge in [-0.3, -0.25) is 0 Å². The number of fused-ring (bicyclic) bond motifs is 1. The molecule has 1 atom stereocenters. The smallest absolute Gasteiger partial charge is 0.352 e. The first kappa shape index (κ1) is 13.2. The quantitative estimate of drug-likeness (QED) is 0.888. The number of hydrogen-bond acceptors (Lipinski definition) is 5. The Morgan fingerprint density at radius 1 is 1.48 bits per heavy atom. The van der Waals surface area contributed by atoms with Crippen molar-refractivity contribution in [1.82, 2.24) is 14.8 Å². The van der Waals surface area contributed by atoms with E-state index in [1.165, 1.54) is 6.33 Å². The van der Waals surface area contributed by atoms with E-state index in [9.17, 15) is 9.90 Å². The van der Waals surface area contributed by atoms with Gasteiger partial charge >= 0.3 is 5.97 Å². The van der Waals surface area contributed by atoms with Crippen molar-refractivity contribution in [1.29, 1.82) is 0 Å². The molecule has 3 rings (SSSR count). The summed E-state index contributed by atoms with van der Waals surface area (Å²) in [6.07, 6.45) is 2.99. The first-order valence-electron chi connectivity index (χ1n) is 6.54. The fraction of sp³-hybridized carbons (Fsp3) is 0.214. The van der Waals surface area contributed by atoms with Crippen molar-refractivity contribution in [3.8, 4) is 5.75 Å². The molecule has 7 nitrogen and oxygen atoms in total. The molecule has 0 radical (unpaired) electrons. The van der Waals surface area contributed by atoms with Gasteiger partial charge in [0.25, 0.3) is 0 Å². The number of nitrogens with zero attached hydrogens (tertiary/aromatic N) is 3. The fourth-order valence-electron chi connectivity index (χ4n) is 2.29. The Morgan fingerprint density at radius 3 is 3.05 bits per heavy atom. The molecule has 0 aliphatic carbocycles. The van der Waals surface area contributed by atoms with E-state index in [1.54, 1.807) is 10.8 Å². The molecule has 2 N–H and O–H groups in total. The highest BCUT2D eigenvalue weighted by Gasteiger charge is 2.27. The summed E-state index contributed by atoms with van der Waals surface area (Å²) < 4.78 is 7.25. The molecule has 0 saturated heterocycles. The fourth-order valence-corrected chi connectivity index (χ4v) is 2.29. The van der Waals surface area contributed by atoms with Crippen molar-refractivity contribution in [3.05, 3.63) is 47.9 Å². The number of aromatic nitrogens is 3. The van der Waals surface area contributed by atoms with E-state index in [0.29, 0.717) is 18.3 Å². The van der Waals surface area contributed by atoms with Crippen LogP contribution in [0.15, 0.2) is 42.4 Å². The number of hydrogen-bond donors (Lipinski definition) is 2. The summed E-state index contributed by atoms with van der Waals surface area (Å²) in [7, 11) is 0. The third-order valence-corrected chi connectivity index (χ3v) is 3.18. The number of carboxylic acids is 1. The summed E-state index contributed by atoms with van der Waals surface area (Å²) in [5, 5.41) is 16.1. The first-order chi connectivity index (χ1) is 10.2. The number of rotatable bonds is 4. The molecular formula is C14H14N4O3. The number of allylic oxidation sites excluding steroid dienone is 1. The molecule has 2 aromatic rings. The zero-order chi connectivity index (χ0) is 14.8. The Morgan fingerprint density at radius 2 is 2.29 bits per heavy atom. The van der Waals surface area contributed by atoms with Crippen LogP contribution in [0.3, 0.4) is 0 Å². The van der Waals surface area contributed by atoms with Gasteiger partial charge in [-0.1, -0.05) is 18.2 Å². The maximum absolute atomic E-state index is 11.3. The van der Waals surface area contributed by atoms with Crippen LogP contribution in [-0.2, 0) is 4.79 Å². The van der Waals surface area contributed by atoms with Crippen molar-refractivity contribution < 1.29 is 14.6 Å². The van der Waals surface area contributed by atoms with Gasteiger partial charge in [0.15, 0.2) is 0 Å². The lowest BCUT2D eigenvalue weighted by Crippen LogP contribution is -2.24. The van der Waals surface area contributed by atoms with E-state index < -0.39 is 5.97 Å². The molecule has 0 fully saturated rings. The van der Waals surface area contributed by atoms with Gasteiger partial charge in [-0.25, -0.2) is 9.48 Å². The highest BCUT2D eigenvalue weighted by molar-refractivity contribution is 5.90. The second kappa shape index (κ2) is 5.28. The first-order valence-corrected chi connectivity index (χ1v) is 6.54. The Kier molecular flexibility index (Phi) is 3.31. The lowest BCUT2D eigenvalue weighted by molar-refractivity contribution is -0.132. The normalized spacial score (nSPS) is 16.6. The van der Waals surface area contributed by atoms with Gasteiger partial charge in [0, 0.05) is 5.56 Å². The summed E-state index contributed by atoms with van der Waals surface area (Å²) in [5.41, 5.74) is 0.915. The van der Waals surface area contributed by atoms with Crippen LogP contribution in [0.1, 0.15) is 18.5 Å². The van der Waals surface area contributed by atoms with E-state index in [1.807, 2.05) is 31.2 Å². The van der Waals surface area contributed by atoms with Gasteiger partial charge in [-0.2, -0.15) is 10.1 Å². The van der Waals surface area contributed by atoms with Crippen molar-refractivity contribution in [2.24, 2.45) is 0 Å². The number of ether oxygens (including phenoxy) is 1. The number of para-hydroxylation sites is 1. The molecule has 1 aromatic carbocycles. The zero-order valence-electron chi connectivity index (χ0n) is 11.4. The third kappa shape index (κ3) is 2.33. The van der Waals surface area contributed by atoms with Gasteiger partial charge in [0.2, 0.25) is 5.95 Å². The minimum Gasteiger partial charge on any atom is -0.494 e. The van der Waals surface area contributed by atoms with E-state index in [0.717, 1.165) is 5.56 Å². The predicted octanol–water partition coefficient (Wildman–Crippen LogP) is 1.66. The molecule has 2 heterocycles. The number of nitrogens with one attached hydrogen (secondary N) is 1. The van der Waals surface area contributed by atoms with Gasteiger partial charge in [-0.05, 0) is 19.1 Å². The van der Waals surface area contributed by atoms with Gasteiger partial charge in [0.1, 0.15) is 23.8 Å². The SMILES string of the molecule is CCOc1ccccc1[C@H]1C=C(C(=O)O)Nc2ncnn21. The molecular weight excluding hydrogens is 272 g/mol. The van der Waals surface area contributed by atoms with Crippen molar-refractivity contribution in [2.45, 2.75) is 13.0 Å². The molecule has 21 heavy (non-hydrogen) atoms. The van der Waals surface area contributed by atoms with E-state index in [-0.39, 0.29) is 11.7 Å². The minimum absolute atomic E-state index is 0.0757. The Balaban J connectivity index is 2.11. The minimum atomic E-state index is -1.04. The average Bonchev–Trinajstić information content (AvgIpc) is 2.95. The molecule has 0 saturated carbocycles. The standard InChI is InChI=1S/C14H14N4O3/c1-2-21-12-6-4-3-5-9(12)11-7-10(13(19)20)17-14-15-8-16-18(11)14/h3-8,11H,2H2,1H3,(H,19,20)(H,15,16,17)/t11-/m1/s1. The molecule has 7 heteroatoms. The van der Waals surface area contributed by atoms with Gasteiger partial charge in [0.05, 0.1) is 6.61 Å². The molecule has 1 aliphatic rings. The zero-order valence-corrected chi connectivity index (χ0v) is 11.4. The van der Waals surface area contributed by atoms with Crippen molar-refractivity contribution >= 4 is 11.9 Å². The van der Waals surface area contributed by atoms with Crippen LogP contribution in [0.2, 0.25) is 0 Å². The summed E-state index contributed by atoms with van der Waals surface area (Å²) in [5.74, 6) is 0.0590. The van der Waals surface area contributed by atoms with Crippen molar-refractivity contribution in [3.63, 3.8) is 0 Å². The second-order valence-electron chi connectivity index (χ2n) is 4.45. The lowest BCUT2D eigenvalue weighted by Gasteiger charge is -2.24. The number of aliphatic carboxylic acids is 1. The molecule has 0 bridgehead atoms. The van der Waals surface area contributed by atoms with Crippen LogP contribution >= 0.6 is 0 Å². The average molecular weight is 286 g/mol. The number of carbonyl (C=O) groups is 1. The Hall–Kier alpha value is -2.83. The van der Waals surface area contributed by atoms with Crippen LogP contribution in [0.4, 0.5) is 5.95 Å². The summed E-state index contributed by atoms with van der Waals surface area (Å²) in [4.78, 5) is 15.3. The van der Waals surface area contributed by atoms with Crippen LogP contribution < -0.4 is 10.1 Å². The number of benzene rings is 1. The third-order valence-electron chi connectivity index (χ3n) is 3.18. The molecule has 0 spiro atoms. The van der Waals surface area contributed by atoms with Crippen LogP contribution in [0, 0.1) is 0 Å². The largest absolute Gasteiger partial charge is 0.494 e. The molecule has 0 amide bonds. The number of carboxylic acid groups (broad SMARTS) is 1. The molecule has 108 valence electrons. The van der Waals surface area contributed by atoms with Crippen LogP contribution in [-0.4, -0.2) is 32.4 Å². The molecule has 1 aliphatic heterocycles. The second-order valence-corrected chi connectivity index (χ2v) is 4.45. The highest BCUT2D eigenvalue weighted by Crippen LogP contribution is 2.33. The van der Waals surface area contributed by atoms with Crippen LogP contribution in [0.5, 0.6) is 5.75 Å². The van der Waals surface area contributed by atoms with Crippen molar-refractivity contribution in [2.75, 3.05) is 11.9 Å². The van der Waals surface area contributed by atoms with Gasteiger partial charge < -0.3 is 15.2 Å². The topological polar surface area (TPSA) is 89.3 Å².